The van der Waals surface area contributed by atoms with Crippen molar-refractivity contribution in [3.63, 3.8) is 0 Å². The average molecular weight is 208 g/mol. The molecule has 0 N–H and O–H groups in total. The van der Waals surface area contributed by atoms with E-state index in [1.54, 1.807) is 0 Å². The summed E-state index contributed by atoms with van der Waals surface area (Å²) >= 11 is 0. The third-order valence-corrected chi connectivity index (χ3v) is 4.74. The Morgan fingerprint density at radius 3 is 2.13 bits per heavy atom. The second-order valence-electron chi connectivity index (χ2n) is 6.11. The van der Waals surface area contributed by atoms with Gasteiger partial charge < -0.3 is 9.80 Å². The van der Waals surface area contributed by atoms with Crippen LogP contribution in [-0.4, -0.2) is 49.6 Å². The zero-order chi connectivity index (χ0) is 10.3. The Labute approximate surface area is 93.6 Å². The zero-order valence-electron chi connectivity index (χ0n) is 9.99. The van der Waals surface area contributed by atoms with Crippen LogP contribution in [0.4, 0.5) is 0 Å². The summed E-state index contributed by atoms with van der Waals surface area (Å²) in [5.74, 6) is 3.04. The van der Waals surface area contributed by atoms with Crippen LogP contribution in [0.1, 0.15) is 25.7 Å². The van der Waals surface area contributed by atoms with Crippen molar-refractivity contribution in [2.24, 2.45) is 17.8 Å². The molecule has 2 unspecified atom stereocenters. The Morgan fingerprint density at radius 1 is 0.933 bits per heavy atom. The molecule has 0 aromatic carbocycles. The van der Waals surface area contributed by atoms with Gasteiger partial charge in [0.2, 0.25) is 0 Å². The summed E-state index contributed by atoms with van der Waals surface area (Å²) in [6.07, 6.45) is 6.00. The molecule has 0 aromatic rings. The molecular weight excluding hydrogens is 184 g/mol. The molecule has 2 heteroatoms. The van der Waals surface area contributed by atoms with E-state index >= 15 is 0 Å². The highest BCUT2D eigenvalue weighted by Crippen LogP contribution is 2.33. The van der Waals surface area contributed by atoms with Crippen molar-refractivity contribution in [2.45, 2.75) is 25.7 Å². The van der Waals surface area contributed by atoms with E-state index in [0.717, 1.165) is 17.8 Å². The minimum atomic E-state index is 0.997. The average Bonchev–Trinajstić information content (AvgIpc) is 2.81. The summed E-state index contributed by atoms with van der Waals surface area (Å²) in [5, 5.41) is 0. The Balaban J connectivity index is 1.50. The van der Waals surface area contributed by atoms with Crippen molar-refractivity contribution in [1.29, 1.82) is 0 Å². The third kappa shape index (κ3) is 2.07. The largest absolute Gasteiger partial charge is 0.306 e. The first-order valence-corrected chi connectivity index (χ1v) is 6.72. The van der Waals surface area contributed by atoms with Gasteiger partial charge in [-0.25, -0.2) is 0 Å². The maximum Gasteiger partial charge on any atom is 0.00258 e. The van der Waals surface area contributed by atoms with Crippen molar-refractivity contribution in [1.82, 2.24) is 9.80 Å². The fourth-order valence-electron chi connectivity index (χ4n) is 4.03. The minimum absolute atomic E-state index is 0.997. The topological polar surface area (TPSA) is 6.48 Å². The Morgan fingerprint density at radius 2 is 1.53 bits per heavy atom. The Bertz CT molecular complexity index is 209. The first kappa shape index (κ1) is 10.1. The van der Waals surface area contributed by atoms with Gasteiger partial charge in [-0.15, -0.1) is 0 Å². The number of fused-ring (bicyclic) bond motifs is 1. The van der Waals surface area contributed by atoms with Crippen LogP contribution in [0.5, 0.6) is 0 Å². The smallest absolute Gasteiger partial charge is 0.00258 e. The van der Waals surface area contributed by atoms with Crippen LogP contribution >= 0.6 is 0 Å². The lowest BCUT2D eigenvalue weighted by atomic mass is 10.0. The van der Waals surface area contributed by atoms with Crippen LogP contribution < -0.4 is 0 Å². The first-order chi connectivity index (χ1) is 7.31. The lowest BCUT2D eigenvalue weighted by Gasteiger charge is -2.22. The van der Waals surface area contributed by atoms with Crippen molar-refractivity contribution >= 4 is 0 Å². The molecule has 15 heavy (non-hydrogen) atoms. The van der Waals surface area contributed by atoms with Crippen LogP contribution in [0.15, 0.2) is 0 Å². The molecule has 3 aliphatic rings. The zero-order valence-corrected chi connectivity index (χ0v) is 9.99. The van der Waals surface area contributed by atoms with Gasteiger partial charge in [0.1, 0.15) is 0 Å². The number of likely N-dealkylation sites (tertiary alicyclic amines) is 2. The molecule has 0 aromatic heterocycles. The van der Waals surface area contributed by atoms with E-state index in [1.165, 1.54) is 58.4 Å². The molecule has 0 spiro atoms. The van der Waals surface area contributed by atoms with E-state index < -0.39 is 0 Å². The van der Waals surface area contributed by atoms with Crippen molar-refractivity contribution in [3.8, 4) is 0 Å². The molecule has 1 aliphatic carbocycles. The lowest BCUT2D eigenvalue weighted by molar-refractivity contribution is 0.243. The van der Waals surface area contributed by atoms with E-state index in [2.05, 4.69) is 16.8 Å². The molecule has 2 nitrogen and oxygen atoms in total. The van der Waals surface area contributed by atoms with Gasteiger partial charge >= 0.3 is 0 Å². The fraction of sp³-hybridized carbons (Fsp3) is 1.00. The highest BCUT2D eigenvalue weighted by atomic mass is 15.2. The summed E-state index contributed by atoms with van der Waals surface area (Å²) in [7, 11) is 2.28. The van der Waals surface area contributed by atoms with Crippen LogP contribution in [0, 0.1) is 17.8 Å². The van der Waals surface area contributed by atoms with Gasteiger partial charge in [0.15, 0.2) is 0 Å². The Kier molecular flexibility index (Phi) is 2.73. The molecule has 0 amide bonds. The highest BCUT2D eigenvalue weighted by molar-refractivity contribution is 4.92. The van der Waals surface area contributed by atoms with Crippen molar-refractivity contribution in [2.75, 3.05) is 39.8 Å². The number of rotatable bonds is 2. The molecule has 0 radical (unpaired) electrons. The lowest BCUT2D eigenvalue weighted by Crippen LogP contribution is -2.30. The van der Waals surface area contributed by atoms with Gasteiger partial charge in [-0.05, 0) is 37.6 Å². The van der Waals surface area contributed by atoms with Gasteiger partial charge in [0, 0.05) is 32.7 Å². The van der Waals surface area contributed by atoms with E-state index in [0.29, 0.717) is 0 Å². The second kappa shape index (κ2) is 4.06. The van der Waals surface area contributed by atoms with E-state index in [-0.39, 0.29) is 0 Å². The standard InChI is InChI=1S/C13H24N2/c1-14-7-12-9-15(10-13(12)8-14)6-11-4-2-3-5-11/h11-13H,2-10H2,1H3. The van der Waals surface area contributed by atoms with Crippen LogP contribution in [0.2, 0.25) is 0 Å². The van der Waals surface area contributed by atoms with E-state index in [1.807, 2.05) is 0 Å². The van der Waals surface area contributed by atoms with Crippen LogP contribution in [0.3, 0.4) is 0 Å². The maximum absolute atomic E-state index is 2.76. The summed E-state index contributed by atoms with van der Waals surface area (Å²) < 4.78 is 0. The maximum atomic E-state index is 2.76. The van der Waals surface area contributed by atoms with Gasteiger partial charge in [0.05, 0.1) is 0 Å². The van der Waals surface area contributed by atoms with Crippen LogP contribution in [0.25, 0.3) is 0 Å². The van der Waals surface area contributed by atoms with E-state index in [9.17, 15) is 0 Å². The molecule has 3 rings (SSSR count). The van der Waals surface area contributed by atoms with Gasteiger partial charge in [-0.3, -0.25) is 0 Å². The molecular formula is C13H24N2. The predicted octanol–water partition coefficient (Wildman–Crippen LogP) is 1.67. The minimum Gasteiger partial charge on any atom is -0.306 e. The predicted molar refractivity (Wildman–Crippen MR) is 62.9 cm³/mol. The summed E-state index contributed by atoms with van der Waals surface area (Å²) in [6, 6.07) is 0. The van der Waals surface area contributed by atoms with Crippen molar-refractivity contribution < 1.29 is 0 Å². The monoisotopic (exact) mass is 208 g/mol. The molecule has 2 heterocycles. The van der Waals surface area contributed by atoms with E-state index in [4.69, 9.17) is 0 Å². The van der Waals surface area contributed by atoms with Gasteiger partial charge in [0.25, 0.3) is 0 Å². The van der Waals surface area contributed by atoms with Gasteiger partial charge in [-0.2, -0.15) is 0 Å². The molecule has 2 saturated heterocycles. The Hall–Kier alpha value is -0.0800. The molecule has 1 saturated carbocycles. The SMILES string of the molecule is CN1CC2CN(CC3CCCC3)CC2C1. The molecule has 2 atom stereocenters. The quantitative estimate of drug-likeness (QED) is 0.681. The van der Waals surface area contributed by atoms with Gasteiger partial charge in [-0.1, -0.05) is 12.8 Å². The molecule has 2 aliphatic heterocycles. The third-order valence-electron chi connectivity index (χ3n) is 4.74. The van der Waals surface area contributed by atoms with Crippen LogP contribution in [-0.2, 0) is 0 Å². The fourth-order valence-corrected chi connectivity index (χ4v) is 4.03. The molecule has 3 fully saturated rings. The second-order valence-corrected chi connectivity index (χ2v) is 6.11. The van der Waals surface area contributed by atoms with Crippen molar-refractivity contribution in [3.05, 3.63) is 0 Å². The first-order valence-electron chi connectivity index (χ1n) is 6.72. The number of hydrogen-bond acceptors (Lipinski definition) is 2. The normalized spacial score (nSPS) is 39.0. The molecule has 0 bridgehead atoms. The summed E-state index contributed by atoms with van der Waals surface area (Å²) in [5.41, 5.74) is 0. The number of hydrogen-bond donors (Lipinski definition) is 0. The molecule has 86 valence electrons. The summed E-state index contributed by atoms with van der Waals surface area (Å²) in [4.78, 5) is 5.28. The number of nitrogens with zero attached hydrogens (tertiary/aromatic N) is 2. The highest BCUT2D eigenvalue weighted by Gasteiger charge is 2.38. The summed E-state index contributed by atoms with van der Waals surface area (Å²) in [6.45, 7) is 6.91.